The van der Waals surface area contributed by atoms with Crippen LogP contribution in [0.2, 0.25) is 0 Å². The van der Waals surface area contributed by atoms with E-state index in [1.165, 1.54) is 24.3 Å². The second-order valence-electron chi connectivity index (χ2n) is 2.37. The summed E-state index contributed by atoms with van der Waals surface area (Å²) < 4.78 is 20.5. The van der Waals surface area contributed by atoms with Crippen LogP contribution < -0.4 is 29.6 Å². The molecule has 0 spiro atoms. The topological polar surface area (TPSA) is 83.3 Å². The van der Waals surface area contributed by atoms with Crippen molar-refractivity contribution in [2.45, 2.75) is 5.75 Å². The average molecular weight is 223 g/mol. The summed E-state index contributed by atoms with van der Waals surface area (Å²) in [5, 5.41) is 10.2. The molecule has 1 aromatic carbocycles. The van der Waals surface area contributed by atoms with Crippen LogP contribution in [0.15, 0.2) is 24.3 Å². The van der Waals surface area contributed by atoms with Crippen molar-refractivity contribution in [3.8, 4) is 0 Å². The third-order valence-corrected chi connectivity index (χ3v) is 2.00. The molecule has 1 unspecified atom stereocenters. The molecule has 0 aliphatic rings. The van der Waals surface area contributed by atoms with Crippen LogP contribution >= 0.6 is 0 Å². The minimum absolute atomic E-state index is 0. The number of hydrogen-bond donors (Lipinski definition) is 0. The van der Waals surface area contributed by atoms with E-state index in [0.29, 0.717) is 5.56 Å². The number of rotatable bonds is 3. The van der Waals surface area contributed by atoms with Gasteiger partial charge in [0.2, 0.25) is 0 Å². The quantitative estimate of drug-likeness (QED) is 0.256. The van der Waals surface area contributed by atoms with Crippen molar-refractivity contribution in [1.82, 2.24) is 0 Å². The summed E-state index contributed by atoms with van der Waals surface area (Å²) in [5.74, 6) is -0.113. The van der Waals surface area contributed by atoms with Gasteiger partial charge < -0.3 is 4.55 Å². The Balaban J connectivity index is 0.00000169. The molecule has 0 radical (unpaired) electrons. The summed E-state index contributed by atoms with van der Waals surface area (Å²) in [6.45, 7) is 0. The molecule has 7 heteroatoms. The first-order chi connectivity index (χ1) is 6.09. The van der Waals surface area contributed by atoms with Gasteiger partial charge in [-0.25, -0.2) is 0 Å². The molecule has 14 heavy (non-hydrogen) atoms. The van der Waals surface area contributed by atoms with Crippen LogP contribution in [0.25, 0.3) is 0 Å². The monoisotopic (exact) mass is 223 g/mol. The van der Waals surface area contributed by atoms with Crippen LogP contribution in [-0.4, -0.2) is 13.7 Å². The molecule has 5 nitrogen and oxygen atoms in total. The maximum absolute atomic E-state index is 10.3. The summed E-state index contributed by atoms with van der Waals surface area (Å²) in [4.78, 5) is 9.69. The zero-order chi connectivity index (χ0) is 9.84. The van der Waals surface area contributed by atoms with E-state index in [4.69, 9.17) is 0 Å². The third kappa shape index (κ3) is 4.30. The second kappa shape index (κ2) is 6.26. The number of nitro groups is 1. The first-order valence-electron chi connectivity index (χ1n) is 3.39. The fourth-order valence-electron chi connectivity index (χ4n) is 0.850. The Bertz CT molecular complexity index is 340. The summed E-state index contributed by atoms with van der Waals surface area (Å²) in [6, 6.07) is 5.41. The molecule has 0 heterocycles. The molecule has 0 aromatic heterocycles. The van der Waals surface area contributed by atoms with Gasteiger partial charge in [0.1, 0.15) is 0 Å². The van der Waals surface area contributed by atoms with Crippen molar-refractivity contribution in [3.05, 3.63) is 39.9 Å². The molecule has 0 saturated heterocycles. The fourth-order valence-corrected chi connectivity index (χ4v) is 1.31. The predicted octanol–water partition coefficient (Wildman–Crippen LogP) is -2.02. The van der Waals surface area contributed by atoms with E-state index in [1.54, 1.807) is 0 Å². The molecule has 0 aliphatic heterocycles. The van der Waals surface area contributed by atoms with Crippen molar-refractivity contribution < 1.29 is 43.2 Å². The average Bonchev–Trinajstić information content (AvgIpc) is 2.04. The number of non-ortho nitro benzene ring substituents is 1. The van der Waals surface area contributed by atoms with Crippen molar-refractivity contribution >= 4 is 16.8 Å². The van der Waals surface area contributed by atoms with Crippen molar-refractivity contribution in [2.75, 3.05) is 0 Å². The maximum atomic E-state index is 10.3. The van der Waals surface area contributed by atoms with Crippen LogP contribution in [0, 0.1) is 10.1 Å². The van der Waals surface area contributed by atoms with Gasteiger partial charge in [0.25, 0.3) is 5.69 Å². The maximum Gasteiger partial charge on any atom is 1.00 e. The minimum atomic E-state index is -2.15. The molecule has 0 fully saturated rings. The van der Waals surface area contributed by atoms with Gasteiger partial charge in [-0.05, 0) is 5.56 Å². The van der Waals surface area contributed by atoms with E-state index in [9.17, 15) is 18.9 Å². The molecule has 0 saturated carbocycles. The molecular weight excluding hydrogens is 217 g/mol. The number of benzene rings is 1. The van der Waals surface area contributed by atoms with E-state index in [0.717, 1.165) is 0 Å². The largest absolute Gasteiger partial charge is 1.00 e. The van der Waals surface area contributed by atoms with E-state index in [-0.39, 0.29) is 41.0 Å². The third-order valence-electron chi connectivity index (χ3n) is 1.43. The van der Waals surface area contributed by atoms with Gasteiger partial charge in [-0.3, -0.25) is 14.3 Å². The normalized spacial score (nSPS) is 11.5. The summed E-state index contributed by atoms with van der Waals surface area (Å²) >= 11 is -2.15. The van der Waals surface area contributed by atoms with Crippen LogP contribution in [0.3, 0.4) is 0 Å². The van der Waals surface area contributed by atoms with E-state index in [1.807, 2.05) is 0 Å². The molecule has 0 aliphatic carbocycles. The summed E-state index contributed by atoms with van der Waals surface area (Å²) in [5.41, 5.74) is 0.499. The summed E-state index contributed by atoms with van der Waals surface area (Å²) in [7, 11) is 0. The SMILES string of the molecule is O=[N+]([O-])c1ccc(CS(=O)[O-])cc1.[Na+]. The van der Waals surface area contributed by atoms with Gasteiger partial charge in [0.05, 0.1) is 4.92 Å². The molecule has 70 valence electrons. The Morgan fingerprint density at radius 3 is 2.14 bits per heavy atom. The Morgan fingerprint density at radius 2 is 1.79 bits per heavy atom. The van der Waals surface area contributed by atoms with Crippen molar-refractivity contribution in [1.29, 1.82) is 0 Å². The predicted molar refractivity (Wildman–Crippen MR) is 45.7 cm³/mol. The molecule has 1 rings (SSSR count). The van der Waals surface area contributed by atoms with Crippen molar-refractivity contribution in [2.24, 2.45) is 0 Å². The Hall–Kier alpha value is -0.270. The van der Waals surface area contributed by atoms with Crippen LogP contribution in [0.1, 0.15) is 5.56 Å². The first-order valence-corrected chi connectivity index (χ1v) is 4.63. The standard InChI is InChI=1S/C7H7NO4S.Na/c9-8(10)7-3-1-6(2-4-7)5-13(11)12;/h1-4H,5H2,(H,11,12);/q;+1/p-1. The zero-order valence-corrected chi connectivity index (χ0v) is 10.3. The van der Waals surface area contributed by atoms with Crippen LogP contribution in [-0.2, 0) is 16.8 Å². The molecule has 0 bridgehead atoms. The number of hydrogen-bond acceptors (Lipinski definition) is 4. The van der Waals surface area contributed by atoms with E-state index < -0.39 is 16.0 Å². The number of nitrogens with zero attached hydrogens (tertiary/aromatic N) is 1. The molecular formula is C7H6NNaO4S. The van der Waals surface area contributed by atoms with Crippen LogP contribution in [0.5, 0.6) is 0 Å². The van der Waals surface area contributed by atoms with E-state index in [2.05, 4.69) is 0 Å². The Labute approximate surface area is 105 Å². The van der Waals surface area contributed by atoms with Gasteiger partial charge in [0, 0.05) is 17.9 Å². The second-order valence-corrected chi connectivity index (χ2v) is 3.27. The van der Waals surface area contributed by atoms with Gasteiger partial charge in [-0.15, -0.1) is 0 Å². The minimum Gasteiger partial charge on any atom is -0.772 e. The Morgan fingerprint density at radius 1 is 1.29 bits per heavy atom. The molecule has 0 amide bonds. The smallest absolute Gasteiger partial charge is 0.772 e. The molecule has 1 aromatic rings. The van der Waals surface area contributed by atoms with Gasteiger partial charge in [-0.2, -0.15) is 0 Å². The Kier molecular flexibility index (Phi) is 6.14. The van der Waals surface area contributed by atoms with Crippen molar-refractivity contribution in [3.63, 3.8) is 0 Å². The van der Waals surface area contributed by atoms with Gasteiger partial charge >= 0.3 is 29.6 Å². The van der Waals surface area contributed by atoms with Crippen LogP contribution in [0.4, 0.5) is 5.69 Å². The zero-order valence-electron chi connectivity index (χ0n) is 7.50. The van der Waals surface area contributed by atoms with Gasteiger partial charge in [-0.1, -0.05) is 23.2 Å². The van der Waals surface area contributed by atoms with E-state index >= 15 is 0 Å². The molecule has 0 N–H and O–H groups in total. The number of nitro benzene ring substituents is 1. The van der Waals surface area contributed by atoms with Gasteiger partial charge in [0.15, 0.2) is 0 Å². The fraction of sp³-hybridized carbons (Fsp3) is 0.143. The molecule has 1 atom stereocenters. The first kappa shape index (κ1) is 13.7. The summed E-state index contributed by atoms with van der Waals surface area (Å²) in [6.07, 6.45) is 0.